The molecule has 0 spiro atoms. The number of benzene rings is 2. The van der Waals surface area contributed by atoms with Crippen molar-refractivity contribution in [2.75, 3.05) is 44.8 Å². The summed E-state index contributed by atoms with van der Waals surface area (Å²) in [5.41, 5.74) is 4.60. The van der Waals surface area contributed by atoms with Gasteiger partial charge in [0, 0.05) is 55.2 Å². The molecular formula is C25H29FN2O4. The van der Waals surface area contributed by atoms with Crippen LogP contribution in [0.3, 0.4) is 0 Å². The van der Waals surface area contributed by atoms with Crippen LogP contribution in [0.5, 0.6) is 0 Å². The molecule has 2 aliphatic rings. The lowest BCUT2D eigenvalue weighted by atomic mass is 9.99. The highest BCUT2D eigenvalue weighted by Crippen LogP contribution is 2.42. The maximum atomic E-state index is 13.8. The number of ether oxygens (including phenoxy) is 3. The van der Waals surface area contributed by atoms with Gasteiger partial charge in [0.05, 0.1) is 18.8 Å². The van der Waals surface area contributed by atoms with Crippen LogP contribution in [0.15, 0.2) is 36.4 Å². The van der Waals surface area contributed by atoms with Crippen molar-refractivity contribution in [1.29, 1.82) is 0 Å². The topological polar surface area (TPSA) is 60.0 Å². The molecule has 4 rings (SSSR count). The molecule has 6 nitrogen and oxygen atoms in total. The van der Waals surface area contributed by atoms with Crippen LogP contribution in [0.25, 0.3) is 11.3 Å². The van der Waals surface area contributed by atoms with Crippen LogP contribution < -0.4 is 5.32 Å². The summed E-state index contributed by atoms with van der Waals surface area (Å²) in [5.74, 6) is -0.139. The summed E-state index contributed by atoms with van der Waals surface area (Å²) < 4.78 is 30.8. The van der Waals surface area contributed by atoms with Crippen LogP contribution in [0.1, 0.15) is 36.1 Å². The molecule has 0 aliphatic carbocycles. The number of rotatable bonds is 10. The molecule has 0 atom stereocenters. The average molecular weight is 441 g/mol. The first-order valence-electron chi connectivity index (χ1n) is 11.1. The first kappa shape index (κ1) is 22.5. The number of nitrogens with zero attached hydrogens (tertiary/aromatic N) is 1. The molecular weight excluding hydrogens is 411 g/mol. The third kappa shape index (κ3) is 4.85. The van der Waals surface area contributed by atoms with E-state index in [1.807, 2.05) is 19.9 Å². The van der Waals surface area contributed by atoms with Crippen LogP contribution in [-0.4, -0.2) is 50.3 Å². The normalized spacial score (nSPS) is 16.8. The van der Waals surface area contributed by atoms with Crippen LogP contribution >= 0.6 is 0 Å². The van der Waals surface area contributed by atoms with Gasteiger partial charge >= 0.3 is 0 Å². The maximum absolute atomic E-state index is 13.8. The van der Waals surface area contributed by atoms with Crippen LogP contribution in [0.2, 0.25) is 0 Å². The molecule has 2 aliphatic heterocycles. The monoisotopic (exact) mass is 440 g/mol. The van der Waals surface area contributed by atoms with Crippen LogP contribution in [0, 0.1) is 5.82 Å². The summed E-state index contributed by atoms with van der Waals surface area (Å²) in [6.45, 7) is 9.56. The van der Waals surface area contributed by atoms with Gasteiger partial charge in [-0.25, -0.2) is 4.39 Å². The quantitative estimate of drug-likeness (QED) is 0.446. The molecule has 32 heavy (non-hydrogen) atoms. The minimum absolute atomic E-state index is 0.268. The van der Waals surface area contributed by atoms with E-state index in [2.05, 4.69) is 22.3 Å². The zero-order valence-electron chi connectivity index (χ0n) is 18.6. The van der Waals surface area contributed by atoms with Gasteiger partial charge in [0.2, 0.25) is 0 Å². The lowest BCUT2D eigenvalue weighted by Gasteiger charge is -2.22. The minimum Gasteiger partial charge on any atom is -0.487 e. The molecule has 2 aromatic rings. The fraction of sp³-hybridized carbons (Fsp3) is 0.400. The van der Waals surface area contributed by atoms with E-state index in [1.54, 1.807) is 6.07 Å². The average Bonchev–Trinajstić information content (AvgIpc) is 3.33. The van der Waals surface area contributed by atoms with E-state index in [0.29, 0.717) is 55.6 Å². The summed E-state index contributed by atoms with van der Waals surface area (Å²) in [6, 6.07) is 10.5. The Morgan fingerprint density at radius 3 is 2.50 bits per heavy atom. The number of halogens is 1. The third-order valence-corrected chi connectivity index (χ3v) is 5.66. The Morgan fingerprint density at radius 1 is 1.03 bits per heavy atom. The second kappa shape index (κ2) is 10.3. The Kier molecular flexibility index (Phi) is 7.19. The SMILES string of the molecule is CCOCCN(CCOCC)Cc1ccc2c(c1)CO/C2=C1/C(=O)Nc2ccc(F)cc21. The van der Waals surface area contributed by atoms with E-state index < -0.39 is 0 Å². The van der Waals surface area contributed by atoms with Crippen molar-refractivity contribution < 1.29 is 23.4 Å². The Hall–Kier alpha value is -2.74. The van der Waals surface area contributed by atoms with Crippen molar-refractivity contribution in [3.05, 3.63) is 64.5 Å². The van der Waals surface area contributed by atoms with Crippen molar-refractivity contribution in [2.45, 2.75) is 27.0 Å². The molecule has 1 N–H and O–H groups in total. The molecule has 2 heterocycles. The lowest BCUT2D eigenvalue weighted by Crippen LogP contribution is -2.30. The van der Waals surface area contributed by atoms with E-state index >= 15 is 0 Å². The number of fused-ring (bicyclic) bond motifs is 2. The highest BCUT2D eigenvalue weighted by Gasteiger charge is 2.32. The number of carbonyl (C=O) groups excluding carboxylic acids is 1. The Balaban J connectivity index is 1.55. The van der Waals surface area contributed by atoms with E-state index in [-0.39, 0.29) is 11.7 Å². The van der Waals surface area contributed by atoms with Gasteiger partial charge in [0.1, 0.15) is 18.2 Å². The molecule has 0 saturated heterocycles. The zero-order chi connectivity index (χ0) is 22.5. The van der Waals surface area contributed by atoms with Gasteiger partial charge in [-0.05, 0) is 37.6 Å². The van der Waals surface area contributed by atoms with Gasteiger partial charge < -0.3 is 19.5 Å². The molecule has 2 aromatic carbocycles. The lowest BCUT2D eigenvalue weighted by molar-refractivity contribution is -0.110. The highest BCUT2D eigenvalue weighted by molar-refractivity contribution is 6.36. The predicted molar refractivity (Wildman–Crippen MR) is 121 cm³/mol. The van der Waals surface area contributed by atoms with E-state index in [0.717, 1.165) is 36.3 Å². The fourth-order valence-corrected chi connectivity index (χ4v) is 4.09. The Bertz CT molecular complexity index is 1010. The summed E-state index contributed by atoms with van der Waals surface area (Å²) in [5, 5.41) is 2.79. The predicted octanol–water partition coefficient (Wildman–Crippen LogP) is 4.05. The summed E-state index contributed by atoms with van der Waals surface area (Å²) >= 11 is 0. The number of carbonyl (C=O) groups is 1. The fourth-order valence-electron chi connectivity index (χ4n) is 4.09. The molecule has 7 heteroatoms. The molecule has 0 bridgehead atoms. The number of hydrogen-bond donors (Lipinski definition) is 1. The highest BCUT2D eigenvalue weighted by atomic mass is 19.1. The number of hydrogen-bond acceptors (Lipinski definition) is 5. The molecule has 0 unspecified atom stereocenters. The van der Waals surface area contributed by atoms with E-state index in [4.69, 9.17) is 14.2 Å². The van der Waals surface area contributed by atoms with Crippen LogP contribution in [-0.2, 0) is 32.2 Å². The Labute approximate surface area is 188 Å². The van der Waals surface area contributed by atoms with E-state index in [9.17, 15) is 9.18 Å². The third-order valence-electron chi connectivity index (χ3n) is 5.66. The van der Waals surface area contributed by atoms with Gasteiger partial charge in [-0.3, -0.25) is 9.69 Å². The first-order chi connectivity index (χ1) is 15.6. The van der Waals surface area contributed by atoms with Crippen molar-refractivity contribution in [3.63, 3.8) is 0 Å². The summed E-state index contributed by atoms with van der Waals surface area (Å²) in [4.78, 5) is 14.9. The number of amides is 1. The largest absolute Gasteiger partial charge is 0.487 e. The van der Waals surface area contributed by atoms with Gasteiger partial charge in [-0.1, -0.05) is 18.2 Å². The first-order valence-corrected chi connectivity index (χ1v) is 11.1. The number of nitrogens with one attached hydrogen (secondary N) is 1. The molecule has 0 saturated carbocycles. The maximum Gasteiger partial charge on any atom is 0.260 e. The van der Waals surface area contributed by atoms with Gasteiger partial charge in [0.15, 0.2) is 0 Å². The van der Waals surface area contributed by atoms with Gasteiger partial charge in [-0.2, -0.15) is 0 Å². The zero-order valence-corrected chi connectivity index (χ0v) is 18.6. The number of anilines is 1. The van der Waals surface area contributed by atoms with Crippen molar-refractivity contribution in [2.24, 2.45) is 0 Å². The Morgan fingerprint density at radius 2 is 1.78 bits per heavy atom. The molecule has 0 radical (unpaired) electrons. The summed E-state index contributed by atoms with van der Waals surface area (Å²) in [6.07, 6.45) is 0. The van der Waals surface area contributed by atoms with Crippen molar-refractivity contribution in [1.82, 2.24) is 4.90 Å². The minimum atomic E-state index is -0.383. The molecule has 0 fully saturated rings. The van der Waals surface area contributed by atoms with E-state index in [1.165, 1.54) is 12.1 Å². The van der Waals surface area contributed by atoms with Crippen molar-refractivity contribution >= 4 is 22.9 Å². The second-order valence-corrected chi connectivity index (χ2v) is 7.80. The molecule has 1 amide bonds. The van der Waals surface area contributed by atoms with Gasteiger partial charge in [-0.15, -0.1) is 0 Å². The standard InChI is InChI=1S/C25H29FN2O4/c1-3-30-11-9-28(10-12-31-4-2)15-17-5-7-20-18(13-17)16-32-24(20)23-21-14-19(26)6-8-22(21)27-25(23)29/h5-8,13-14H,3-4,9-12,15-16H2,1-2H3,(H,27,29)/b24-23+. The second-order valence-electron chi connectivity index (χ2n) is 7.80. The molecule has 0 aromatic heterocycles. The summed E-state index contributed by atoms with van der Waals surface area (Å²) in [7, 11) is 0. The van der Waals surface area contributed by atoms with Crippen LogP contribution in [0.4, 0.5) is 10.1 Å². The molecule has 170 valence electrons. The van der Waals surface area contributed by atoms with Crippen molar-refractivity contribution in [3.8, 4) is 0 Å². The smallest absolute Gasteiger partial charge is 0.260 e. The van der Waals surface area contributed by atoms with Gasteiger partial charge in [0.25, 0.3) is 5.91 Å².